The highest BCUT2D eigenvalue weighted by Crippen LogP contribution is 2.22. The number of rotatable bonds is 8. The Morgan fingerprint density at radius 3 is 2.30 bits per heavy atom. The SMILES string of the molecule is CCC[NH+](CC(=O)NC(=O)NC(C)(C)C)CC(=O)Nc1ccccc1OC. The number of urea groups is 1. The molecule has 1 rings (SSSR count). The quantitative estimate of drug-likeness (QED) is 0.530. The number of carbonyl (C=O) groups excluding carboxylic acids is 3. The van der Waals surface area contributed by atoms with E-state index in [1.54, 1.807) is 18.2 Å². The Kier molecular flexibility index (Phi) is 8.74. The molecule has 0 spiro atoms. The Bertz CT molecular complexity index is 655. The summed E-state index contributed by atoms with van der Waals surface area (Å²) in [4.78, 5) is 37.0. The Morgan fingerprint density at radius 1 is 1.07 bits per heavy atom. The number of carbonyl (C=O) groups is 3. The lowest BCUT2D eigenvalue weighted by atomic mass is 10.1. The van der Waals surface area contributed by atoms with Crippen LogP contribution >= 0.6 is 0 Å². The summed E-state index contributed by atoms with van der Waals surface area (Å²) in [5.41, 5.74) is 0.143. The molecule has 8 nitrogen and oxygen atoms in total. The summed E-state index contributed by atoms with van der Waals surface area (Å²) in [6.07, 6.45) is 0.804. The number of anilines is 1. The van der Waals surface area contributed by atoms with Gasteiger partial charge in [-0.2, -0.15) is 0 Å². The zero-order valence-corrected chi connectivity index (χ0v) is 16.8. The molecule has 0 aromatic heterocycles. The zero-order chi connectivity index (χ0) is 20.4. The fourth-order valence-electron chi connectivity index (χ4n) is 2.53. The Morgan fingerprint density at radius 2 is 1.70 bits per heavy atom. The molecule has 0 bridgehead atoms. The van der Waals surface area contributed by atoms with Crippen LogP contribution in [0.4, 0.5) is 10.5 Å². The van der Waals surface area contributed by atoms with Crippen molar-refractivity contribution in [3.63, 3.8) is 0 Å². The second-order valence-electron chi connectivity index (χ2n) is 7.35. The third-order valence-electron chi connectivity index (χ3n) is 3.55. The lowest BCUT2D eigenvalue weighted by molar-refractivity contribution is -0.883. The minimum Gasteiger partial charge on any atom is -0.495 e. The van der Waals surface area contributed by atoms with Crippen molar-refractivity contribution in [3.8, 4) is 5.75 Å². The largest absolute Gasteiger partial charge is 0.495 e. The number of ether oxygens (including phenoxy) is 1. The Hall–Kier alpha value is -2.61. The number of imide groups is 1. The predicted molar refractivity (Wildman–Crippen MR) is 104 cm³/mol. The molecule has 1 aromatic rings. The van der Waals surface area contributed by atoms with Crippen molar-refractivity contribution in [3.05, 3.63) is 24.3 Å². The monoisotopic (exact) mass is 379 g/mol. The number of para-hydroxylation sites is 2. The van der Waals surface area contributed by atoms with E-state index in [0.29, 0.717) is 18.0 Å². The maximum atomic E-state index is 12.4. The van der Waals surface area contributed by atoms with Crippen LogP contribution in [0.3, 0.4) is 0 Å². The van der Waals surface area contributed by atoms with Gasteiger partial charge in [0.05, 0.1) is 19.3 Å². The van der Waals surface area contributed by atoms with E-state index in [-0.39, 0.29) is 19.0 Å². The first kappa shape index (κ1) is 22.4. The standard InChI is InChI=1S/C19H30N4O4/c1-6-11-23(13-17(25)21-18(26)22-19(2,3)4)12-16(24)20-14-9-7-8-10-15(14)27-5/h7-10H,6,11-13H2,1-5H3,(H,20,24)(H2,21,22,25,26)/p+1. The van der Waals surface area contributed by atoms with Crippen LogP contribution in [0, 0.1) is 0 Å². The molecule has 4 N–H and O–H groups in total. The third kappa shape index (κ3) is 9.05. The van der Waals surface area contributed by atoms with E-state index in [9.17, 15) is 14.4 Å². The highest BCUT2D eigenvalue weighted by Gasteiger charge is 2.21. The van der Waals surface area contributed by atoms with Gasteiger partial charge in [-0.05, 0) is 39.3 Å². The number of methoxy groups -OCH3 is 1. The van der Waals surface area contributed by atoms with Gasteiger partial charge in [-0.15, -0.1) is 0 Å². The first-order valence-corrected chi connectivity index (χ1v) is 9.03. The van der Waals surface area contributed by atoms with Gasteiger partial charge in [-0.1, -0.05) is 19.1 Å². The summed E-state index contributed by atoms with van der Waals surface area (Å²) in [5, 5.41) is 7.77. The van der Waals surface area contributed by atoms with Crippen LogP contribution in [0.2, 0.25) is 0 Å². The maximum Gasteiger partial charge on any atom is 0.322 e. The smallest absolute Gasteiger partial charge is 0.322 e. The van der Waals surface area contributed by atoms with Gasteiger partial charge in [-0.25, -0.2) is 4.79 Å². The average Bonchev–Trinajstić information content (AvgIpc) is 2.53. The zero-order valence-electron chi connectivity index (χ0n) is 16.8. The molecule has 0 aliphatic rings. The Labute approximate surface area is 160 Å². The minimum atomic E-state index is -0.540. The van der Waals surface area contributed by atoms with E-state index < -0.39 is 17.5 Å². The van der Waals surface area contributed by atoms with E-state index >= 15 is 0 Å². The maximum absolute atomic E-state index is 12.4. The molecule has 0 aliphatic heterocycles. The van der Waals surface area contributed by atoms with Gasteiger partial charge >= 0.3 is 6.03 Å². The highest BCUT2D eigenvalue weighted by molar-refractivity contribution is 5.95. The molecule has 8 heteroatoms. The summed E-state index contributed by atoms with van der Waals surface area (Å²) in [6, 6.07) is 6.58. The second-order valence-corrected chi connectivity index (χ2v) is 7.35. The van der Waals surface area contributed by atoms with Gasteiger partial charge in [0.1, 0.15) is 5.75 Å². The summed E-state index contributed by atoms with van der Waals surface area (Å²) >= 11 is 0. The molecular formula is C19H31N4O4+. The van der Waals surface area contributed by atoms with Gasteiger partial charge in [0.25, 0.3) is 11.8 Å². The minimum absolute atomic E-state index is 0.0325. The molecule has 1 unspecified atom stereocenters. The molecule has 0 heterocycles. The highest BCUT2D eigenvalue weighted by atomic mass is 16.5. The summed E-state index contributed by atoms with van der Waals surface area (Å²) < 4.78 is 5.22. The first-order chi connectivity index (χ1) is 12.6. The number of amides is 4. The van der Waals surface area contributed by atoms with Crippen molar-refractivity contribution in [1.29, 1.82) is 0 Å². The first-order valence-electron chi connectivity index (χ1n) is 9.03. The topological polar surface area (TPSA) is 101 Å². The molecule has 1 atom stereocenters. The average molecular weight is 379 g/mol. The van der Waals surface area contributed by atoms with Gasteiger partial charge in [0, 0.05) is 5.54 Å². The summed E-state index contributed by atoms with van der Waals surface area (Å²) in [6.45, 7) is 8.23. The van der Waals surface area contributed by atoms with E-state index in [2.05, 4.69) is 16.0 Å². The van der Waals surface area contributed by atoms with Crippen LogP contribution in [0.1, 0.15) is 34.1 Å². The van der Waals surface area contributed by atoms with Crippen molar-refractivity contribution in [2.45, 2.75) is 39.7 Å². The molecule has 0 fully saturated rings. The van der Waals surface area contributed by atoms with E-state index in [1.165, 1.54) is 7.11 Å². The van der Waals surface area contributed by atoms with Crippen LogP contribution in [0.15, 0.2) is 24.3 Å². The van der Waals surface area contributed by atoms with Gasteiger partial charge in [-0.3, -0.25) is 14.9 Å². The molecule has 4 amide bonds. The molecule has 0 saturated heterocycles. The molecule has 0 aliphatic carbocycles. The molecule has 1 aromatic carbocycles. The van der Waals surface area contributed by atoms with Crippen molar-refractivity contribution in [1.82, 2.24) is 10.6 Å². The molecular weight excluding hydrogens is 348 g/mol. The van der Waals surface area contributed by atoms with E-state index in [4.69, 9.17) is 4.74 Å². The lowest BCUT2D eigenvalue weighted by Crippen LogP contribution is -3.14. The molecule has 27 heavy (non-hydrogen) atoms. The van der Waals surface area contributed by atoms with Crippen molar-refractivity contribution < 1.29 is 24.0 Å². The predicted octanol–water partition coefficient (Wildman–Crippen LogP) is 0.553. The molecule has 150 valence electrons. The number of quaternary nitrogens is 1. The third-order valence-corrected chi connectivity index (χ3v) is 3.55. The van der Waals surface area contributed by atoms with Gasteiger partial charge in [0.2, 0.25) is 0 Å². The number of hydrogen-bond donors (Lipinski definition) is 4. The number of benzene rings is 1. The second kappa shape index (κ2) is 10.5. The van der Waals surface area contributed by atoms with Crippen LogP contribution in [0.5, 0.6) is 5.75 Å². The molecule has 0 saturated carbocycles. The van der Waals surface area contributed by atoms with Crippen molar-refractivity contribution in [2.75, 3.05) is 32.1 Å². The summed E-state index contributed by atoms with van der Waals surface area (Å²) in [7, 11) is 1.53. The van der Waals surface area contributed by atoms with Crippen molar-refractivity contribution in [2.24, 2.45) is 0 Å². The fourth-order valence-corrected chi connectivity index (χ4v) is 2.53. The normalized spacial score (nSPS) is 12.0. The summed E-state index contributed by atoms with van der Waals surface area (Å²) in [5.74, 6) is -0.0836. The lowest BCUT2D eigenvalue weighted by Gasteiger charge is -2.21. The van der Waals surface area contributed by atoms with Crippen molar-refractivity contribution >= 4 is 23.5 Å². The Balaban J connectivity index is 2.61. The van der Waals surface area contributed by atoms with Gasteiger partial charge < -0.3 is 20.3 Å². The molecule has 0 radical (unpaired) electrons. The van der Waals surface area contributed by atoms with Crippen LogP contribution in [0.25, 0.3) is 0 Å². The van der Waals surface area contributed by atoms with Crippen LogP contribution in [-0.2, 0) is 9.59 Å². The number of nitrogens with one attached hydrogen (secondary N) is 4. The van der Waals surface area contributed by atoms with Crippen LogP contribution < -0.4 is 25.6 Å². The van der Waals surface area contributed by atoms with Gasteiger partial charge in [0.15, 0.2) is 13.1 Å². The van der Waals surface area contributed by atoms with E-state index in [1.807, 2.05) is 33.8 Å². The van der Waals surface area contributed by atoms with E-state index in [0.717, 1.165) is 11.3 Å². The number of hydrogen-bond acceptors (Lipinski definition) is 4. The fraction of sp³-hybridized carbons (Fsp3) is 0.526. The van der Waals surface area contributed by atoms with Crippen LogP contribution in [-0.4, -0.2) is 50.1 Å².